The van der Waals surface area contributed by atoms with E-state index in [9.17, 15) is 0 Å². The van der Waals surface area contributed by atoms with Gasteiger partial charge in [-0.1, -0.05) is 35.0 Å². The zero-order chi connectivity index (χ0) is 24.8. The highest BCUT2D eigenvalue weighted by Crippen LogP contribution is 2.39. The second-order valence-corrected chi connectivity index (χ2v) is 9.83. The smallest absolute Gasteiger partial charge is 0.144 e. The molecule has 1 fully saturated rings. The Balaban J connectivity index is 1.63. The molecule has 0 amide bonds. The van der Waals surface area contributed by atoms with E-state index in [2.05, 4.69) is 20.9 Å². The fraction of sp³-hybridized carbons (Fsp3) is 0.333. The Morgan fingerprint density at radius 3 is 2.72 bits per heavy atom. The van der Waals surface area contributed by atoms with Crippen LogP contribution in [0.1, 0.15) is 36.6 Å². The molecule has 5 heterocycles. The predicted octanol–water partition coefficient (Wildman–Crippen LogP) is 5.89. The molecule has 36 heavy (non-hydrogen) atoms. The maximum atomic E-state index is 15.4. The second kappa shape index (κ2) is 9.26. The summed E-state index contributed by atoms with van der Waals surface area (Å²) in [5.41, 5.74) is 5.60. The first kappa shape index (κ1) is 23.1. The molecule has 1 atom stereocenters. The third-order valence-electron chi connectivity index (χ3n) is 7.19. The van der Waals surface area contributed by atoms with Gasteiger partial charge in [0.1, 0.15) is 16.6 Å². The minimum atomic E-state index is -0.289. The number of pyridine rings is 2. The zero-order valence-electron chi connectivity index (χ0n) is 20.2. The number of aromatic nitrogens is 6. The maximum absolute atomic E-state index is 15.4. The van der Waals surface area contributed by atoms with Gasteiger partial charge in [0.15, 0.2) is 0 Å². The highest BCUT2D eigenvalue weighted by Gasteiger charge is 2.28. The summed E-state index contributed by atoms with van der Waals surface area (Å²) >= 11 is 6.39. The zero-order valence-corrected chi connectivity index (χ0v) is 20.9. The lowest BCUT2D eigenvalue weighted by Crippen LogP contribution is -2.22. The van der Waals surface area contributed by atoms with Crippen LogP contribution < -0.4 is 0 Å². The Bertz CT molecular complexity index is 1550. The van der Waals surface area contributed by atoms with Crippen LogP contribution in [0.3, 0.4) is 0 Å². The number of aryl methyl sites for hydroxylation is 2. The van der Waals surface area contributed by atoms with Crippen molar-refractivity contribution < 1.29 is 9.13 Å². The summed E-state index contributed by atoms with van der Waals surface area (Å²) in [4.78, 5) is 9.58. The van der Waals surface area contributed by atoms with Crippen LogP contribution >= 0.6 is 11.6 Å². The van der Waals surface area contributed by atoms with Crippen molar-refractivity contribution in [1.29, 1.82) is 0 Å². The van der Waals surface area contributed by atoms with E-state index >= 15 is 4.39 Å². The monoisotopic (exact) mass is 504 g/mol. The third kappa shape index (κ3) is 3.94. The molecule has 5 aromatic rings. The van der Waals surface area contributed by atoms with Crippen molar-refractivity contribution >= 4 is 33.7 Å². The summed E-state index contributed by atoms with van der Waals surface area (Å²) in [7, 11) is 1.86. The standard InChI is InChI=1S/C27H26ClFN6O/c1-16-26(34(2)33-32-16)18-14-23-25(30-15-18)20-7-8-24(28)31-27(20)35(23)22(13-17-9-11-36-12-10-17)19-5-3-4-6-21(19)29/h3-8,14-15,17,22H,9-13H2,1-2H3. The minimum Gasteiger partial charge on any atom is -0.381 e. The van der Waals surface area contributed by atoms with Crippen molar-refractivity contribution in [1.82, 2.24) is 29.5 Å². The topological polar surface area (TPSA) is 70.7 Å². The normalized spacial score (nSPS) is 15.7. The number of nitrogens with zero attached hydrogens (tertiary/aromatic N) is 6. The number of halogens is 2. The molecule has 1 unspecified atom stereocenters. The Kier molecular flexibility index (Phi) is 5.93. The van der Waals surface area contributed by atoms with Crippen molar-refractivity contribution in [3.63, 3.8) is 0 Å². The van der Waals surface area contributed by atoms with Crippen LogP contribution in [0.4, 0.5) is 4.39 Å². The van der Waals surface area contributed by atoms with Crippen LogP contribution in [-0.2, 0) is 11.8 Å². The first-order valence-corrected chi connectivity index (χ1v) is 12.5. The highest BCUT2D eigenvalue weighted by atomic mass is 35.5. The molecular formula is C27H26ClFN6O. The van der Waals surface area contributed by atoms with Crippen molar-refractivity contribution in [2.45, 2.75) is 32.2 Å². The molecule has 9 heteroatoms. The molecule has 0 aliphatic carbocycles. The van der Waals surface area contributed by atoms with E-state index in [1.54, 1.807) is 16.8 Å². The van der Waals surface area contributed by atoms with E-state index in [0.717, 1.165) is 65.8 Å². The van der Waals surface area contributed by atoms with Crippen molar-refractivity contribution in [3.05, 3.63) is 70.9 Å². The second-order valence-electron chi connectivity index (χ2n) is 9.44. The Morgan fingerprint density at radius 1 is 1.17 bits per heavy atom. The molecule has 0 radical (unpaired) electrons. The van der Waals surface area contributed by atoms with Gasteiger partial charge >= 0.3 is 0 Å². The summed E-state index contributed by atoms with van der Waals surface area (Å²) in [5, 5.41) is 9.64. The van der Waals surface area contributed by atoms with Crippen LogP contribution in [-0.4, -0.2) is 42.7 Å². The predicted molar refractivity (Wildman–Crippen MR) is 137 cm³/mol. The van der Waals surface area contributed by atoms with Gasteiger partial charge in [-0.2, -0.15) is 0 Å². The number of hydrogen-bond acceptors (Lipinski definition) is 5. The molecule has 0 spiro atoms. The lowest BCUT2D eigenvalue weighted by molar-refractivity contribution is 0.0608. The van der Waals surface area contributed by atoms with E-state index < -0.39 is 0 Å². The molecule has 184 valence electrons. The Labute approximate surface area is 212 Å². The van der Waals surface area contributed by atoms with E-state index in [0.29, 0.717) is 22.3 Å². The summed E-state index contributed by atoms with van der Waals surface area (Å²) in [5.74, 6) is 0.164. The van der Waals surface area contributed by atoms with Gasteiger partial charge in [-0.3, -0.25) is 4.98 Å². The summed E-state index contributed by atoms with van der Waals surface area (Å²) in [6.07, 6.45) is 4.48. The average Bonchev–Trinajstić information content (AvgIpc) is 3.38. The fourth-order valence-electron chi connectivity index (χ4n) is 5.47. The molecule has 1 saturated heterocycles. The Hall–Kier alpha value is -3.36. The van der Waals surface area contributed by atoms with Gasteiger partial charge in [0.2, 0.25) is 0 Å². The third-order valence-corrected chi connectivity index (χ3v) is 7.40. The maximum Gasteiger partial charge on any atom is 0.144 e. The molecule has 6 rings (SSSR count). The number of fused-ring (bicyclic) bond motifs is 3. The molecule has 1 aromatic carbocycles. The van der Waals surface area contributed by atoms with Gasteiger partial charge in [0.05, 0.1) is 28.5 Å². The SMILES string of the molecule is Cc1nnn(C)c1-c1cnc2c3ccc(Cl)nc3n(C(CC3CCOCC3)c3ccccc3F)c2c1. The van der Waals surface area contributed by atoms with E-state index in [1.165, 1.54) is 6.07 Å². The molecule has 0 N–H and O–H groups in total. The van der Waals surface area contributed by atoms with Crippen molar-refractivity contribution in [2.24, 2.45) is 13.0 Å². The molecular weight excluding hydrogens is 479 g/mol. The number of hydrogen-bond donors (Lipinski definition) is 0. The van der Waals surface area contributed by atoms with E-state index in [-0.39, 0.29) is 11.9 Å². The number of rotatable bonds is 5. The lowest BCUT2D eigenvalue weighted by atomic mass is 9.89. The molecule has 7 nitrogen and oxygen atoms in total. The molecule has 4 aromatic heterocycles. The summed E-state index contributed by atoms with van der Waals surface area (Å²) in [6.45, 7) is 3.38. The molecule has 0 saturated carbocycles. The summed E-state index contributed by atoms with van der Waals surface area (Å²) < 4.78 is 24.8. The van der Waals surface area contributed by atoms with E-state index in [1.807, 2.05) is 38.4 Å². The fourth-order valence-corrected chi connectivity index (χ4v) is 5.61. The van der Waals surface area contributed by atoms with E-state index in [4.69, 9.17) is 26.3 Å². The molecule has 1 aliphatic rings. The van der Waals surface area contributed by atoms with Crippen molar-refractivity contribution in [3.8, 4) is 11.3 Å². The highest BCUT2D eigenvalue weighted by molar-refractivity contribution is 6.30. The van der Waals surface area contributed by atoms with Crippen LogP contribution in [0, 0.1) is 18.7 Å². The molecule has 1 aliphatic heterocycles. The molecule has 0 bridgehead atoms. The quantitative estimate of drug-likeness (QED) is 0.279. The van der Waals surface area contributed by atoms with Gasteiger partial charge in [-0.05, 0) is 56.4 Å². The first-order chi connectivity index (χ1) is 17.5. The van der Waals surface area contributed by atoms with Gasteiger partial charge in [0, 0.05) is 43.0 Å². The Morgan fingerprint density at radius 2 is 1.97 bits per heavy atom. The average molecular weight is 505 g/mol. The van der Waals surface area contributed by atoms with Gasteiger partial charge in [-0.25, -0.2) is 14.1 Å². The number of ether oxygens (including phenoxy) is 1. The number of benzene rings is 1. The van der Waals surface area contributed by atoms with Gasteiger partial charge in [-0.15, -0.1) is 5.10 Å². The van der Waals surface area contributed by atoms with Gasteiger partial charge < -0.3 is 9.30 Å². The van der Waals surface area contributed by atoms with Crippen LogP contribution in [0.15, 0.2) is 48.7 Å². The summed E-state index contributed by atoms with van der Waals surface area (Å²) in [6, 6.07) is 12.5. The van der Waals surface area contributed by atoms with Crippen LogP contribution in [0.2, 0.25) is 5.15 Å². The van der Waals surface area contributed by atoms with Crippen LogP contribution in [0.25, 0.3) is 33.3 Å². The largest absolute Gasteiger partial charge is 0.381 e. The first-order valence-electron chi connectivity index (χ1n) is 12.2. The van der Waals surface area contributed by atoms with Crippen LogP contribution in [0.5, 0.6) is 0 Å². The van der Waals surface area contributed by atoms with Crippen molar-refractivity contribution in [2.75, 3.05) is 13.2 Å². The van der Waals surface area contributed by atoms with Gasteiger partial charge in [0.25, 0.3) is 0 Å². The lowest BCUT2D eigenvalue weighted by Gasteiger charge is -2.29. The minimum absolute atomic E-state index is 0.234.